The van der Waals surface area contributed by atoms with Crippen LogP contribution in [0.2, 0.25) is 0 Å². The first-order valence-electron chi connectivity index (χ1n) is 3.51. The van der Waals surface area contributed by atoms with Crippen molar-refractivity contribution >= 4 is 38.0 Å². The zero-order chi connectivity index (χ0) is 9.42. The smallest absolute Gasteiger partial charge is 0.345 e. The molecule has 0 spiro atoms. The second-order valence-electron chi connectivity index (χ2n) is 2.41. The summed E-state index contributed by atoms with van der Waals surface area (Å²) in [5.74, 6) is -0.868. The van der Waals surface area contributed by atoms with Gasteiger partial charge in [0.2, 0.25) is 0 Å². The highest BCUT2D eigenvalue weighted by molar-refractivity contribution is 7.29. The molecule has 1 N–H and O–H groups in total. The maximum absolute atomic E-state index is 10.6. The second kappa shape index (κ2) is 3.01. The summed E-state index contributed by atoms with van der Waals surface area (Å²) in [6.45, 7) is 0. The predicted octanol–water partition coefficient (Wildman–Crippen LogP) is 2.67. The van der Waals surface area contributed by atoms with Crippen LogP contribution in [0.4, 0.5) is 0 Å². The number of methoxy groups -OCH3 is 1. The van der Waals surface area contributed by atoms with Crippen LogP contribution in [0.3, 0.4) is 0 Å². The molecule has 2 aromatic heterocycles. The molecule has 2 aromatic rings. The number of rotatable bonds is 2. The van der Waals surface area contributed by atoms with Gasteiger partial charge < -0.3 is 9.84 Å². The first kappa shape index (κ1) is 8.52. The van der Waals surface area contributed by atoms with Gasteiger partial charge in [-0.1, -0.05) is 11.3 Å². The summed E-state index contributed by atoms with van der Waals surface area (Å²) in [6, 6.07) is 3.53. The van der Waals surface area contributed by atoms with Crippen LogP contribution in [-0.4, -0.2) is 18.2 Å². The molecular formula is C8H6O3S2. The molecule has 0 aliphatic carbocycles. The number of carboxylic acids is 1. The van der Waals surface area contributed by atoms with Gasteiger partial charge in [-0.3, -0.25) is 0 Å². The lowest BCUT2D eigenvalue weighted by molar-refractivity contribution is 0.0702. The van der Waals surface area contributed by atoms with Crippen LogP contribution in [0.25, 0.3) is 9.40 Å². The molecule has 0 radical (unpaired) electrons. The molecule has 2 rings (SSSR count). The third-order valence-corrected chi connectivity index (χ3v) is 3.84. The number of fused-ring (bicyclic) bond motifs is 1. The predicted molar refractivity (Wildman–Crippen MR) is 53.2 cm³/mol. The van der Waals surface area contributed by atoms with Crippen LogP contribution in [0, 0.1) is 0 Å². The molecule has 0 aliphatic rings. The topological polar surface area (TPSA) is 46.5 Å². The van der Waals surface area contributed by atoms with Crippen LogP contribution < -0.4 is 4.74 Å². The van der Waals surface area contributed by atoms with Crippen molar-refractivity contribution in [1.29, 1.82) is 0 Å². The molecule has 0 amide bonds. The van der Waals surface area contributed by atoms with Crippen molar-refractivity contribution in [3.8, 4) is 5.06 Å². The number of hydrogen-bond acceptors (Lipinski definition) is 4. The molecule has 0 saturated carbocycles. The highest BCUT2D eigenvalue weighted by atomic mass is 32.1. The van der Waals surface area contributed by atoms with Gasteiger partial charge in [0, 0.05) is 15.5 Å². The molecule has 2 heterocycles. The molecule has 0 bridgehead atoms. The molecule has 0 aromatic carbocycles. The molecule has 0 atom stereocenters. The van der Waals surface area contributed by atoms with Crippen molar-refractivity contribution in [3.05, 3.63) is 17.0 Å². The van der Waals surface area contributed by atoms with E-state index in [2.05, 4.69) is 0 Å². The van der Waals surface area contributed by atoms with Gasteiger partial charge in [-0.25, -0.2) is 4.79 Å². The van der Waals surface area contributed by atoms with Gasteiger partial charge in [0.25, 0.3) is 0 Å². The standard InChI is InChI=1S/C8H6O3S2/c1-11-7-3-5-4(13-7)2-6(12-5)8(9)10/h2-3H,1H3,(H,9,10). The lowest BCUT2D eigenvalue weighted by atomic mass is 10.4. The van der Waals surface area contributed by atoms with Gasteiger partial charge in [-0.15, -0.1) is 11.3 Å². The van der Waals surface area contributed by atoms with Crippen LogP contribution >= 0.6 is 22.7 Å². The Morgan fingerprint density at radius 2 is 2.08 bits per heavy atom. The Balaban J connectivity index is 2.54. The third kappa shape index (κ3) is 1.40. The monoisotopic (exact) mass is 214 g/mol. The molecular weight excluding hydrogens is 208 g/mol. The quantitative estimate of drug-likeness (QED) is 0.836. The Bertz CT molecular complexity index is 423. The van der Waals surface area contributed by atoms with E-state index in [-0.39, 0.29) is 0 Å². The van der Waals surface area contributed by atoms with E-state index >= 15 is 0 Å². The van der Waals surface area contributed by atoms with E-state index in [1.54, 1.807) is 13.2 Å². The number of ether oxygens (including phenoxy) is 1. The van der Waals surface area contributed by atoms with Crippen molar-refractivity contribution in [2.24, 2.45) is 0 Å². The number of hydrogen-bond donors (Lipinski definition) is 1. The fraction of sp³-hybridized carbons (Fsp3) is 0.125. The Kier molecular flexibility index (Phi) is 1.97. The minimum atomic E-state index is -0.868. The first-order valence-corrected chi connectivity index (χ1v) is 5.14. The third-order valence-electron chi connectivity index (χ3n) is 1.60. The van der Waals surface area contributed by atoms with E-state index in [9.17, 15) is 4.79 Å². The first-order chi connectivity index (χ1) is 6.20. The van der Waals surface area contributed by atoms with Gasteiger partial charge in [0.05, 0.1) is 7.11 Å². The average molecular weight is 214 g/mol. The zero-order valence-corrected chi connectivity index (χ0v) is 8.37. The minimum absolute atomic E-state index is 0.379. The van der Waals surface area contributed by atoms with Gasteiger partial charge in [0.1, 0.15) is 4.88 Å². The number of aromatic carboxylic acids is 1. The summed E-state index contributed by atoms with van der Waals surface area (Å²) in [7, 11) is 1.60. The van der Waals surface area contributed by atoms with E-state index < -0.39 is 5.97 Å². The Morgan fingerprint density at radius 1 is 1.38 bits per heavy atom. The maximum atomic E-state index is 10.6. The van der Waals surface area contributed by atoms with E-state index in [4.69, 9.17) is 9.84 Å². The lowest BCUT2D eigenvalue weighted by Crippen LogP contribution is -1.89. The molecule has 0 fully saturated rings. The van der Waals surface area contributed by atoms with Crippen molar-refractivity contribution in [3.63, 3.8) is 0 Å². The number of thiophene rings is 2. The molecule has 0 aliphatic heterocycles. The summed E-state index contributed by atoms with van der Waals surface area (Å²) < 4.78 is 6.98. The van der Waals surface area contributed by atoms with E-state index in [1.807, 2.05) is 6.07 Å². The van der Waals surface area contributed by atoms with Crippen LogP contribution in [-0.2, 0) is 0 Å². The summed E-state index contributed by atoms with van der Waals surface area (Å²) in [5.41, 5.74) is 0. The Labute approximate surface area is 82.2 Å². The summed E-state index contributed by atoms with van der Waals surface area (Å²) >= 11 is 2.73. The largest absolute Gasteiger partial charge is 0.487 e. The van der Waals surface area contributed by atoms with Gasteiger partial charge in [-0.05, 0) is 6.07 Å². The molecule has 0 saturated heterocycles. The summed E-state index contributed by atoms with van der Waals surface area (Å²) in [5, 5.41) is 9.53. The Hall–Kier alpha value is -1.07. The molecule has 68 valence electrons. The minimum Gasteiger partial charge on any atom is -0.487 e. The van der Waals surface area contributed by atoms with Crippen LogP contribution in [0.15, 0.2) is 12.1 Å². The molecule has 3 nitrogen and oxygen atoms in total. The molecule has 13 heavy (non-hydrogen) atoms. The van der Waals surface area contributed by atoms with Gasteiger partial charge in [0.15, 0.2) is 5.06 Å². The maximum Gasteiger partial charge on any atom is 0.345 e. The average Bonchev–Trinajstić information content (AvgIpc) is 2.58. The Morgan fingerprint density at radius 3 is 2.62 bits per heavy atom. The van der Waals surface area contributed by atoms with Crippen molar-refractivity contribution in [1.82, 2.24) is 0 Å². The zero-order valence-electron chi connectivity index (χ0n) is 6.73. The van der Waals surface area contributed by atoms with Crippen LogP contribution in [0.1, 0.15) is 9.67 Å². The van der Waals surface area contributed by atoms with E-state index in [1.165, 1.54) is 22.7 Å². The summed E-state index contributed by atoms with van der Waals surface area (Å²) in [4.78, 5) is 11.0. The second-order valence-corrected chi connectivity index (χ2v) is 4.54. The normalized spacial score (nSPS) is 10.5. The highest BCUT2D eigenvalue weighted by Gasteiger charge is 2.11. The SMILES string of the molecule is COc1cc2sc(C(=O)O)cc2s1. The van der Waals surface area contributed by atoms with Crippen molar-refractivity contribution in [2.75, 3.05) is 7.11 Å². The van der Waals surface area contributed by atoms with Crippen molar-refractivity contribution < 1.29 is 14.6 Å². The van der Waals surface area contributed by atoms with Crippen LogP contribution in [0.5, 0.6) is 5.06 Å². The highest BCUT2D eigenvalue weighted by Crippen LogP contribution is 2.37. The van der Waals surface area contributed by atoms with Gasteiger partial charge in [-0.2, -0.15) is 0 Å². The van der Waals surface area contributed by atoms with E-state index in [0.717, 1.165) is 14.5 Å². The fourth-order valence-corrected chi connectivity index (χ4v) is 3.06. The lowest BCUT2D eigenvalue weighted by Gasteiger charge is -1.88. The molecule has 0 unspecified atom stereocenters. The molecule has 5 heteroatoms. The number of carbonyl (C=O) groups is 1. The number of carboxylic acid groups (broad SMARTS) is 1. The van der Waals surface area contributed by atoms with E-state index in [0.29, 0.717) is 4.88 Å². The summed E-state index contributed by atoms with van der Waals surface area (Å²) in [6.07, 6.45) is 0. The van der Waals surface area contributed by atoms with Crippen molar-refractivity contribution in [2.45, 2.75) is 0 Å². The fourth-order valence-electron chi connectivity index (χ4n) is 1.02. The van der Waals surface area contributed by atoms with Gasteiger partial charge >= 0.3 is 5.97 Å².